The molecule has 0 aliphatic carbocycles. The van der Waals surface area contributed by atoms with E-state index in [0.717, 1.165) is 30.4 Å². The van der Waals surface area contributed by atoms with E-state index in [9.17, 15) is 4.79 Å². The molecule has 2 aromatic carbocycles. The van der Waals surface area contributed by atoms with E-state index in [1.807, 2.05) is 48.9 Å². The minimum absolute atomic E-state index is 0.0662. The van der Waals surface area contributed by atoms with Crippen LogP contribution in [-0.2, 0) is 13.0 Å². The predicted molar refractivity (Wildman–Crippen MR) is 94.9 cm³/mol. The fourth-order valence-electron chi connectivity index (χ4n) is 2.75. The van der Waals surface area contributed by atoms with E-state index in [4.69, 9.17) is 0 Å². The van der Waals surface area contributed by atoms with Crippen molar-refractivity contribution in [2.75, 3.05) is 0 Å². The van der Waals surface area contributed by atoms with Crippen LogP contribution in [-0.4, -0.2) is 26.9 Å². The Morgan fingerprint density at radius 2 is 2.00 bits per heavy atom. The van der Waals surface area contributed by atoms with Crippen molar-refractivity contribution in [3.8, 4) is 0 Å². The third-order valence-corrected chi connectivity index (χ3v) is 4.16. The summed E-state index contributed by atoms with van der Waals surface area (Å²) in [6, 6.07) is 16.0. The zero-order valence-corrected chi connectivity index (χ0v) is 14.1. The van der Waals surface area contributed by atoms with Crippen molar-refractivity contribution in [3.63, 3.8) is 0 Å². The highest BCUT2D eigenvalue weighted by molar-refractivity contribution is 5.97. The predicted octanol–water partition coefficient (Wildman–Crippen LogP) is 3.20. The largest absolute Gasteiger partial charge is 0.350 e. The van der Waals surface area contributed by atoms with Crippen LogP contribution in [0.5, 0.6) is 0 Å². The average Bonchev–Trinajstić information content (AvgIpc) is 3.03. The van der Waals surface area contributed by atoms with Gasteiger partial charge >= 0.3 is 0 Å². The molecule has 5 nitrogen and oxygen atoms in total. The molecule has 1 aromatic heterocycles. The minimum Gasteiger partial charge on any atom is -0.350 e. The van der Waals surface area contributed by atoms with Crippen molar-refractivity contribution in [2.45, 2.75) is 39.3 Å². The van der Waals surface area contributed by atoms with Crippen LogP contribution in [0.15, 0.2) is 48.5 Å². The summed E-state index contributed by atoms with van der Waals surface area (Å²) < 4.78 is 1.82. The maximum Gasteiger partial charge on any atom is 0.251 e. The molecule has 0 saturated carbocycles. The van der Waals surface area contributed by atoms with Gasteiger partial charge in [0.2, 0.25) is 0 Å². The normalized spacial score (nSPS) is 12.2. The maximum atomic E-state index is 12.4. The van der Waals surface area contributed by atoms with Gasteiger partial charge in [0, 0.05) is 18.2 Å². The Labute approximate surface area is 141 Å². The molecule has 0 aliphatic rings. The summed E-state index contributed by atoms with van der Waals surface area (Å²) in [7, 11) is 0. The Morgan fingerprint density at radius 1 is 1.21 bits per heavy atom. The van der Waals surface area contributed by atoms with Gasteiger partial charge in [-0.3, -0.25) is 4.79 Å². The van der Waals surface area contributed by atoms with Gasteiger partial charge in [0.25, 0.3) is 5.91 Å². The molecule has 3 rings (SSSR count). The summed E-state index contributed by atoms with van der Waals surface area (Å²) in [6.45, 7) is 4.81. The van der Waals surface area contributed by atoms with Gasteiger partial charge in [0.1, 0.15) is 5.52 Å². The third kappa shape index (κ3) is 3.62. The first kappa shape index (κ1) is 16.2. The van der Waals surface area contributed by atoms with Crippen LogP contribution in [0.3, 0.4) is 0 Å². The van der Waals surface area contributed by atoms with E-state index in [1.165, 1.54) is 5.56 Å². The van der Waals surface area contributed by atoms with E-state index in [2.05, 4.69) is 27.8 Å². The number of fused-ring (bicyclic) bond motifs is 1. The Kier molecular flexibility index (Phi) is 4.89. The molecule has 0 saturated heterocycles. The number of carbonyl (C=O) groups is 1. The lowest BCUT2D eigenvalue weighted by Gasteiger charge is -2.14. The second-order valence-electron chi connectivity index (χ2n) is 6.01. The minimum atomic E-state index is -0.0662. The van der Waals surface area contributed by atoms with Gasteiger partial charge in [0.15, 0.2) is 0 Å². The average molecular weight is 322 g/mol. The number of hydrogen-bond acceptors (Lipinski definition) is 3. The van der Waals surface area contributed by atoms with E-state index in [0.29, 0.717) is 5.56 Å². The molecule has 1 atom stereocenters. The number of aromatic nitrogens is 3. The van der Waals surface area contributed by atoms with Gasteiger partial charge in [-0.2, -0.15) is 0 Å². The molecular weight excluding hydrogens is 300 g/mol. The summed E-state index contributed by atoms with van der Waals surface area (Å²) in [4.78, 5) is 12.4. The topological polar surface area (TPSA) is 59.8 Å². The number of nitrogens with one attached hydrogen (secondary N) is 1. The molecule has 0 fully saturated rings. The van der Waals surface area contributed by atoms with Gasteiger partial charge in [-0.15, -0.1) is 5.10 Å². The Hall–Kier alpha value is -2.69. The lowest BCUT2D eigenvalue weighted by Crippen LogP contribution is -2.32. The number of nitrogens with zero attached hydrogens (tertiary/aromatic N) is 3. The molecule has 24 heavy (non-hydrogen) atoms. The summed E-state index contributed by atoms with van der Waals surface area (Å²) in [5, 5.41) is 11.3. The summed E-state index contributed by atoms with van der Waals surface area (Å²) in [5.74, 6) is -0.0662. The van der Waals surface area contributed by atoms with Crippen LogP contribution in [0.2, 0.25) is 0 Å². The molecule has 1 amide bonds. The van der Waals surface area contributed by atoms with Gasteiger partial charge in [-0.25, -0.2) is 4.68 Å². The summed E-state index contributed by atoms with van der Waals surface area (Å²) in [5.41, 5.74) is 3.61. The standard InChI is InChI=1S/C19H22N4O/c1-3-23-18-12-11-16(13-17(18)21-22-23)19(24)20-14(2)9-10-15-7-5-4-6-8-15/h4-8,11-14H,3,9-10H2,1-2H3,(H,20,24)/t14-/m1/s1. The molecule has 1 heterocycles. The van der Waals surface area contributed by atoms with Crippen LogP contribution >= 0.6 is 0 Å². The molecule has 0 aliphatic heterocycles. The van der Waals surface area contributed by atoms with E-state index in [1.54, 1.807) is 6.07 Å². The fourth-order valence-corrected chi connectivity index (χ4v) is 2.75. The molecule has 1 N–H and O–H groups in total. The van der Waals surface area contributed by atoms with Crippen LogP contribution in [0.25, 0.3) is 11.0 Å². The second-order valence-corrected chi connectivity index (χ2v) is 6.01. The quantitative estimate of drug-likeness (QED) is 0.758. The van der Waals surface area contributed by atoms with E-state index < -0.39 is 0 Å². The first-order valence-corrected chi connectivity index (χ1v) is 8.35. The van der Waals surface area contributed by atoms with Gasteiger partial charge in [0.05, 0.1) is 5.52 Å². The number of aryl methyl sites for hydroxylation is 2. The molecule has 0 radical (unpaired) electrons. The van der Waals surface area contributed by atoms with Crippen molar-refractivity contribution in [1.82, 2.24) is 20.3 Å². The Bertz CT molecular complexity index is 826. The number of hydrogen-bond donors (Lipinski definition) is 1. The van der Waals surface area contributed by atoms with Crippen LogP contribution in [0, 0.1) is 0 Å². The summed E-state index contributed by atoms with van der Waals surface area (Å²) >= 11 is 0. The number of amides is 1. The van der Waals surface area contributed by atoms with Crippen LogP contribution in [0.1, 0.15) is 36.2 Å². The highest BCUT2D eigenvalue weighted by Gasteiger charge is 2.12. The zero-order valence-electron chi connectivity index (χ0n) is 14.1. The van der Waals surface area contributed by atoms with Gasteiger partial charge < -0.3 is 5.32 Å². The lowest BCUT2D eigenvalue weighted by molar-refractivity contribution is 0.0938. The van der Waals surface area contributed by atoms with Crippen molar-refractivity contribution < 1.29 is 4.79 Å². The first-order chi connectivity index (χ1) is 11.7. The van der Waals surface area contributed by atoms with Gasteiger partial charge in [-0.05, 0) is 50.5 Å². The molecule has 3 aromatic rings. The zero-order chi connectivity index (χ0) is 16.9. The van der Waals surface area contributed by atoms with Crippen molar-refractivity contribution in [3.05, 3.63) is 59.7 Å². The van der Waals surface area contributed by atoms with Crippen LogP contribution in [0.4, 0.5) is 0 Å². The summed E-state index contributed by atoms with van der Waals surface area (Å²) in [6.07, 6.45) is 1.86. The SMILES string of the molecule is CCn1nnc2cc(C(=O)N[C@H](C)CCc3ccccc3)ccc21. The monoisotopic (exact) mass is 322 g/mol. The Morgan fingerprint density at radius 3 is 2.75 bits per heavy atom. The second kappa shape index (κ2) is 7.25. The number of carbonyl (C=O) groups excluding carboxylic acids is 1. The number of rotatable bonds is 6. The lowest BCUT2D eigenvalue weighted by atomic mass is 10.1. The molecular formula is C19H22N4O. The van der Waals surface area contributed by atoms with Crippen molar-refractivity contribution >= 4 is 16.9 Å². The van der Waals surface area contributed by atoms with Crippen molar-refractivity contribution in [2.24, 2.45) is 0 Å². The third-order valence-electron chi connectivity index (χ3n) is 4.16. The molecule has 0 spiro atoms. The number of benzene rings is 2. The first-order valence-electron chi connectivity index (χ1n) is 8.35. The Balaban J connectivity index is 1.61. The molecule has 0 unspecified atom stereocenters. The van der Waals surface area contributed by atoms with Crippen molar-refractivity contribution in [1.29, 1.82) is 0 Å². The molecule has 0 bridgehead atoms. The highest BCUT2D eigenvalue weighted by Crippen LogP contribution is 2.14. The maximum absolute atomic E-state index is 12.4. The van der Waals surface area contributed by atoms with E-state index in [-0.39, 0.29) is 11.9 Å². The van der Waals surface area contributed by atoms with E-state index >= 15 is 0 Å². The molecule has 5 heteroatoms. The molecule has 124 valence electrons. The van der Waals surface area contributed by atoms with Gasteiger partial charge in [-0.1, -0.05) is 35.5 Å². The highest BCUT2D eigenvalue weighted by atomic mass is 16.1. The fraction of sp³-hybridized carbons (Fsp3) is 0.316. The van der Waals surface area contributed by atoms with Crippen LogP contribution < -0.4 is 5.32 Å². The smallest absolute Gasteiger partial charge is 0.251 e.